The Morgan fingerprint density at radius 2 is 1.88 bits per heavy atom. The Kier molecular flexibility index (Phi) is 2.86. The Morgan fingerprint density at radius 1 is 1.06 bits per heavy atom. The number of fused-ring (bicyclic) bond motifs is 1. The molecule has 3 rings (SSSR count). The Balaban J connectivity index is 2.22. The van der Waals surface area contributed by atoms with Gasteiger partial charge in [-0.1, -0.05) is 64.5 Å². The minimum atomic E-state index is 0.917. The minimum Gasteiger partial charge on any atom is -0.0876 e. The van der Waals surface area contributed by atoms with E-state index in [2.05, 4.69) is 70.5 Å². The van der Waals surface area contributed by atoms with E-state index in [1.165, 1.54) is 27.8 Å². The maximum absolute atomic E-state index is 3.55. The molecule has 0 aliphatic heterocycles. The molecule has 0 saturated carbocycles. The summed E-state index contributed by atoms with van der Waals surface area (Å²) in [7, 11) is 0. The summed E-state index contributed by atoms with van der Waals surface area (Å²) >= 11 is 3.55. The molecule has 0 aromatic heterocycles. The average Bonchev–Trinajstić information content (AvgIpc) is 2.86. The molecular formula is C16H13Br. The number of benzene rings is 2. The highest BCUT2D eigenvalue weighted by Gasteiger charge is 2.12. The molecule has 1 aliphatic rings. The Labute approximate surface area is 110 Å². The quantitative estimate of drug-likeness (QED) is 0.694. The summed E-state index contributed by atoms with van der Waals surface area (Å²) in [6.45, 7) is 0. The highest BCUT2D eigenvalue weighted by atomic mass is 79.9. The van der Waals surface area contributed by atoms with E-state index in [4.69, 9.17) is 0 Å². The fourth-order valence-corrected chi connectivity index (χ4v) is 2.71. The van der Waals surface area contributed by atoms with Gasteiger partial charge >= 0.3 is 0 Å². The summed E-state index contributed by atoms with van der Waals surface area (Å²) in [6, 6.07) is 15.2. The van der Waals surface area contributed by atoms with Crippen LogP contribution in [-0.2, 0) is 11.8 Å². The van der Waals surface area contributed by atoms with Crippen molar-refractivity contribution in [2.24, 2.45) is 0 Å². The van der Waals surface area contributed by atoms with Crippen LogP contribution in [0.2, 0.25) is 0 Å². The lowest BCUT2D eigenvalue weighted by atomic mass is 9.95. The SMILES string of the molecule is BrCc1cc2c(c(-c3ccccc3)c1)C=CC2. The lowest BCUT2D eigenvalue weighted by molar-refractivity contribution is 1.27. The zero-order chi connectivity index (χ0) is 11.7. The molecule has 0 fully saturated rings. The van der Waals surface area contributed by atoms with Gasteiger partial charge in [0.05, 0.1) is 0 Å². The second kappa shape index (κ2) is 4.50. The van der Waals surface area contributed by atoms with Gasteiger partial charge in [0.1, 0.15) is 0 Å². The standard InChI is InChI=1S/C16H13Br/c17-11-12-9-14-7-4-8-15(14)16(10-12)13-5-2-1-3-6-13/h1-6,8-10H,7,11H2. The van der Waals surface area contributed by atoms with Gasteiger partial charge in [0, 0.05) is 5.33 Å². The predicted octanol–water partition coefficient (Wildman–Crippen LogP) is 4.82. The van der Waals surface area contributed by atoms with Crippen LogP contribution in [0.1, 0.15) is 16.7 Å². The molecule has 1 aliphatic carbocycles. The fraction of sp³-hybridized carbons (Fsp3) is 0.125. The normalized spacial score (nSPS) is 12.8. The largest absolute Gasteiger partial charge is 0.0876 e. The van der Waals surface area contributed by atoms with Gasteiger partial charge in [-0.25, -0.2) is 0 Å². The number of halogens is 1. The van der Waals surface area contributed by atoms with Crippen LogP contribution in [0.4, 0.5) is 0 Å². The van der Waals surface area contributed by atoms with Crippen LogP contribution >= 0.6 is 15.9 Å². The first kappa shape index (κ1) is 10.8. The summed E-state index contributed by atoms with van der Waals surface area (Å²) in [5, 5.41) is 0.917. The van der Waals surface area contributed by atoms with Crippen LogP contribution in [0.25, 0.3) is 17.2 Å². The van der Waals surface area contributed by atoms with Gasteiger partial charge in [0.15, 0.2) is 0 Å². The second-order valence-electron chi connectivity index (χ2n) is 4.32. The summed E-state index contributed by atoms with van der Waals surface area (Å²) in [6.07, 6.45) is 5.56. The zero-order valence-electron chi connectivity index (χ0n) is 9.49. The van der Waals surface area contributed by atoms with Crippen molar-refractivity contribution in [1.29, 1.82) is 0 Å². The van der Waals surface area contributed by atoms with Crippen molar-refractivity contribution in [2.45, 2.75) is 11.8 Å². The third-order valence-corrected chi connectivity index (χ3v) is 3.83. The monoisotopic (exact) mass is 284 g/mol. The van der Waals surface area contributed by atoms with Crippen molar-refractivity contribution < 1.29 is 0 Å². The van der Waals surface area contributed by atoms with Crippen LogP contribution in [0.15, 0.2) is 48.5 Å². The Hall–Kier alpha value is -1.34. The molecule has 2 aromatic rings. The molecule has 0 amide bonds. The molecule has 0 saturated heterocycles. The van der Waals surface area contributed by atoms with Crippen LogP contribution in [-0.4, -0.2) is 0 Å². The Bertz CT molecular complexity index is 568. The third kappa shape index (κ3) is 1.96. The number of hydrogen-bond donors (Lipinski definition) is 0. The van der Waals surface area contributed by atoms with Crippen molar-refractivity contribution in [3.05, 3.63) is 65.2 Å². The highest BCUT2D eigenvalue weighted by molar-refractivity contribution is 9.08. The van der Waals surface area contributed by atoms with Crippen LogP contribution in [0.5, 0.6) is 0 Å². The average molecular weight is 285 g/mol. The van der Waals surface area contributed by atoms with E-state index < -0.39 is 0 Å². The van der Waals surface area contributed by atoms with Gasteiger partial charge in [-0.05, 0) is 40.3 Å². The van der Waals surface area contributed by atoms with Crippen molar-refractivity contribution in [2.75, 3.05) is 0 Å². The number of hydrogen-bond acceptors (Lipinski definition) is 0. The molecule has 17 heavy (non-hydrogen) atoms. The number of rotatable bonds is 2. The van der Waals surface area contributed by atoms with Gasteiger partial charge in [-0.15, -0.1) is 0 Å². The van der Waals surface area contributed by atoms with Crippen molar-refractivity contribution in [3.63, 3.8) is 0 Å². The molecule has 0 unspecified atom stereocenters. The van der Waals surface area contributed by atoms with Gasteiger partial charge in [-0.2, -0.15) is 0 Å². The highest BCUT2D eigenvalue weighted by Crippen LogP contribution is 2.33. The molecule has 0 bridgehead atoms. The van der Waals surface area contributed by atoms with Gasteiger partial charge in [0.25, 0.3) is 0 Å². The first-order valence-corrected chi connectivity index (χ1v) is 6.94. The van der Waals surface area contributed by atoms with E-state index >= 15 is 0 Å². The first-order chi connectivity index (χ1) is 8.38. The smallest absolute Gasteiger partial charge is 0.0283 e. The minimum absolute atomic E-state index is 0.917. The lowest BCUT2D eigenvalue weighted by Crippen LogP contribution is -1.91. The second-order valence-corrected chi connectivity index (χ2v) is 4.88. The molecular weight excluding hydrogens is 272 g/mol. The van der Waals surface area contributed by atoms with Crippen LogP contribution in [0, 0.1) is 0 Å². The molecule has 0 radical (unpaired) electrons. The first-order valence-electron chi connectivity index (χ1n) is 5.82. The Morgan fingerprint density at radius 3 is 2.65 bits per heavy atom. The van der Waals surface area contributed by atoms with E-state index in [1.807, 2.05) is 0 Å². The van der Waals surface area contributed by atoms with Gasteiger partial charge < -0.3 is 0 Å². The predicted molar refractivity (Wildman–Crippen MR) is 77.2 cm³/mol. The van der Waals surface area contributed by atoms with E-state index in [-0.39, 0.29) is 0 Å². The molecule has 0 heterocycles. The fourth-order valence-electron chi connectivity index (χ4n) is 2.38. The van der Waals surface area contributed by atoms with Gasteiger partial charge in [0.2, 0.25) is 0 Å². The molecule has 0 atom stereocenters. The molecule has 2 aromatic carbocycles. The molecule has 84 valence electrons. The molecule has 0 N–H and O–H groups in total. The van der Waals surface area contributed by atoms with Crippen molar-refractivity contribution in [3.8, 4) is 11.1 Å². The van der Waals surface area contributed by atoms with E-state index in [1.54, 1.807) is 0 Å². The van der Waals surface area contributed by atoms with E-state index in [9.17, 15) is 0 Å². The van der Waals surface area contributed by atoms with E-state index in [0.717, 1.165) is 11.8 Å². The third-order valence-electron chi connectivity index (χ3n) is 3.19. The maximum atomic E-state index is 3.55. The summed E-state index contributed by atoms with van der Waals surface area (Å²) in [4.78, 5) is 0. The zero-order valence-corrected chi connectivity index (χ0v) is 11.1. The van der Waals surface area contributed by atoms with Crippen molar-refractivity contribution in [1.82, 2.24) is 0 Å². The molecule has 0 spiro atoms. The van der Waals surface area contributed by atoms with Crippen molar-refractivity contribution >= 4 is 22.0 Å². The van der Waals surface area contributed by atoms with Crippen LogP contribution in [0.3, 0.4) is 0 Å². The molecule has 1 heteroatoms. The lowest BCUT2D eigenvalue weighted by Gasteiger charge is -2.10. The maximum Gasteiger partial charge on any atom is 0.0283 e. The summed E-state index contributed by atoms with van der Waals surface area (Å²) < 4.78 is 0. The topological polar surface area (TPSA) is 0 Å². The van der Waals surface area contributed by atoms with Gasteiger partial charge in [-0.3, -0.25) is 0 Å². The summed E-state index contributed by atoms with van der Waals surface area (Å²) in [5.41, 5.74) is 6.84. The summed E-state index contributed by atoms with van der Waals surface area (Å²) in [5.74, 6) is 0. The van der Waals surface area contributed by atoms with E-state index in [0.29, 0.717) is 0 Å². The van der Waals surface area contributed by atoms with Crippen LogP contribution < -0.4 is 0 Å². The number of alkyl halides is 1. The number of allylic oxidation sites excluding steroid dienone is 1. The molecule has 0 nitrogen and oxygen atoms in total.